The monoisotopic (exact) mass is 337 g/mol. The first-order chi connectivity index (χ1) is 12.2. The number of esters is 1. The highest BCUT2D eigenvalue weighted by molar-refractivity contribution is 6.07. The predicted octanol–water partition coefficient (Wildman–Crippen LogP) is 3.25. The molecule has 0 aliphatic rings. The van der Waals surface area contributed by atoms with Crippen LogP contribution < -0.4 is 10.7 Å². The fraction of sp³-hybridized carbons (Fsp3) is 0.105. The van der Waals surface area contributed by atoms with Gasteiger partial charge in [0, 0.05) is 12.3 Å². The lowest BCUT2D eigenvalue weighted by Crippen LogP contribution is -2.12. The minimum absolute atomic E-state index is 0.0283. The number of fused-ring (bicyclic) bond motifs is 3. The van der Waals surface area contributed by atoms with Crippen molar-refractivity contribution in [2.24, 2.45) is 0 Å². The second kappa shape index (κ2) is 7.00. The van der Waals surface area contributed by atoms with Crippen LogP contribution in [-0.4, -0.2) is 18.9 Å². The molecule has 3 aromatic rings. The topological polar surface area (TPSA) is 85.6 Å². The smallest absolute Gasteiger partial charge is 0.332 e. The van der Waals surface area contributed by atoms with Crippen LogP contribution in [0.5, 0.6) is 0 Å². The Morgan fingerprint density at radius 3 is 2.80 bits per heavy atom. The summed E-state index contributed by atoms with van der Waals surface area (Å²) in [5.41, 5.74) is -0.0845. The fourth-order valence-corrected chi connectivity index (χ4v) is 2.58. The molecule has 0 radical (unpaired) electrons. The van der Waals surface area contributed by atoms with Gasteiger partial charge in [-0.2, -0.15) is 0 Å². The number of anilines is 1. The van der Waals surface area contributed by atoms with Crippen molar-refractivity contribution in [3.05, 3.63) is 64.7 Å². The van der Waals surface area contributed by atoms with Crippen molar-refractivity contribution in [2.75, 3.05) is 11.9 Å². The highest BCUT2D eigenvalue weighted by Crippen LogP contribution is 2.25. The lowest BCUT2D eigenvalue weighted by molar-refractivity contribution is -0.137. The molecule has 3 rings (SSSR count). The van der Waals surface area contributed by atoms with Gasteiger partial charge in [0.15, 0.2) is 12.0 Å². The SMILES string of the molecule is CCOC(=O)C=CNc1c(C=O)oc2ccc3ccccc3c2c1=O. The minimum atomic E-state index is -0.557. The van der Waals surface area contributed by atoms with Crippen LogP contribution in [0, 0.1) is 0 Å². The van der Waals surface area contributed by atoms with E-state index in [1.54, 1.807) is 13.0 Å². The van der Waals surface area contributed by atoms with Gasteiger partial charge in [-0.25, -0.2) is 4.79 Å². The normalized spacial score (nSPS) is 11.1. The van der Waals surface area contributed by atoms with Crippen molar-refractivity contribution in [3.8, 4) is 0 Å². The van der Waals surface area contributed by atoms with Crippen LogP contribution in [-0.2, 0) is 9.53 Å². The average molecular weight is 337 g/mol. The molecule has 0 amide bonds. The molecule has 0 aliphatic carbocycles. The molecule has 25 heavy (non-hydrogen) atoms. The first kappa shape index (κ1) is 16.4. The van der Waals surface area contributed by atoms with Crippen molar-refractivity contribution in [2.45, 2.75) is 6.92 Å². The first-order valence-electron chi connectivity index (χ1n) is 7.69. The summed E-state index contributed by atoms with van der Waals surface area (Å²) < 4.78 is 10.3. The maximum atomic E-state index is 12.9. The maximum Gasteiger partial charge on any atom is 0.332 e. The Hall–Kier alpha value is -3.41. The van der Waals surface area contributed by atoms with Crippen LogP contribution >= 0.6 is 0 Å². The second-order valence-electron chi connectivity index (χ2n) is 5.18. The average Bonchev–Trinajstić information content (AvgIpc) is 2.63. The molecule has 0 saturated heterocycles. The standard InChI is InChI=1S/C19H15NO5/c1-2-24-16(22)9-10-20-18-15(11-21)25-14-8-7-12-5-3-4-6-13(12)17(14)19(18)23/h3-11,20H,2H2,1H3. The van der Waals surface area contributed by atoms with Gasteiger partial charge in [0.05, 0.1) is 12.0 Å². The number of hydrogen-bond donors (Lipinski definition) is 1. The van der Waals surface area contributed by atoms with Gasteiger partial charge in [0.25, 0.3) is 0 Å². The van der Waals surface area contributed by atoms with Crippen molar-refractivity contribution in [3.63, 3.8) is 0 Å². The summed E-state index contributed by atoms with van der Waals surface area (Å²) in [6, 6.07) is 10.9. The van der Waals surface area contributed by atoms with Crippen molar-refractivity contribution < 1.29 is 18.7 Å². The van der Waals surface area contributed by atoms with Gasteiger partial charge in [-0.05, 0) is 23.8 Å². The fourth-order valence-electron chi connectivity index (χ4n) is 2.58. The highest BCUT2D eigenvalue weighted by Gasteiger charge is 2.15. The van der Waals surface area contributed by atoms with E-state index in [0.29, 0.717) is 17.3 Å². The van der Waals surface area contributed by atoms with E-state index in [9.17, 15) is 14.4 Å². The number of carbonyl (C=O) groups excluding carboxylic acids is 2. The molecule has 126 valence electrons. The van der Waals surface area contributed by atoms with E-state index in [1.165, 1.54) is 6.20 Å². The van der Waals surface area contributed by atoms with E-state index in [-0.39, 0.29) is 23.5 Å². The molecule has 0 atom stereocenters. The lowest BCUT2D eigenvalue weighted by atomic mass is 10.0. The Kier molecular flexibility index (Phi) is 4.61. The van der Waals surface area contributed by atoms with Gasteiger partial charge in [0.2, 0.25) is 5.43 Å². The van der Waals surface area contributed by atoms with Crippen molar-refractivity contribution in [1.29, 1.82) is 0 Å². The highest BCUT2D eigenvalue weighted by atomic mass is 16.5. The van der Waals surface area contributed by atoms with Gasteiger partial charge < -0.3 is 14.5 Å². The van der Waals surface area contributed by atoms with E-state index in [1.807, 2.05) is 30.3 Å². The maximum absolute atomic E-state index is 12.9. The summed E-state index contributed by atoms with van der Waals surface area (Å²) in [5, 5.41) is 4.64. The Bertz CT molecular complexity index is 1050. The molecule has 0 bridgehead atoms. The number of aldehydes is 1. The zero-order valence-electron chi connectivity index (χ0n) is 13.4. The molecule has 2 aromatic carbocycles. The molecule has 0 aliphatic heterocycles. The molecule has 0 fully saturated rings. The third-order valence-electron chi connectivity index (χ3n) is 3.65. The first-order valence-corrected chi connectivity index (χ1v) is 7.69. The summed E-state index contributed by atoms with van der Waals surface area (Å²) in [6.07, 6.45) is 2.83. The summed E-state index contributed by atoms with van der Waals surface area (Å²) in [7, 11) is 0. The molecule has 6 nitrogen and oxygen atoms in total. The summed E-state index contributed by atoms with van der Waals surface area (Å²) >= 11 is 0. The predicted molar refractivity (Wildman–Crippen MR) is 94.8 cm³/mol. The van der Waals surface area contributed by atoms with Crippen LogP contribution in [0.3, 0.4) is 0 Å². The van der Waals surface area contributed by atoms with Gasteiger partial charge in [0.1, 0.15) is 11.3 Å². The van der Waals surface area contributed by atoms with Gasteiger partial charge in [-0.1, -0.05) is 30.3 Å². The Balaban J connectivity index is 2.15. The number of hydrogen-bond acceptors (Lipinski definition) is 6. The van der Waals surface area contributed by atoms with Crippen molar-refractivity contribution in [1.82, 2.24) is 0 Å². The number of rotatable bonds is 5. The number of benzene rings is 2. The number of carbonyl (C=O) groups is 2. The summed E-state index contributed by atoms with van der Waals surface area (Å²) in [5.74, 6) is -0.695. The number of ether oxygens (including phenoxy) is 1. The number of nitrogens with one attached hydrogen (secondary N) is 1. The Morgan fingerprint density at radius 1 is 1.24 bits per heavy atom. The summed E-state index contributed by atoms with van der Waals surface area (Å²) in [4.78, 5) is 35.5. The zero-order chi connectivity index (χ0) is 17.8. The molecule has 0 unspecified atom stereocenters. The molecular formula is C19H15NO5. The molecule has 0 spiro atoms. The van der Waals surface area contributed by atoms with E-state index < -0.39 is 5.97 Å². The van der Waals surface area contributed by atoms with Crippen LogP contribution in [0.4, 0.5) is 5.69 Å². The molecule has 1 heterocycles. The minimum Gasteiger partial charge on any atom is -0.463 e. The van der Waals surface area contributed by atoms with E-state index in [0.717, 1.165) is 16.8 Å². The third-order valence-corrected chi connectivity index (χ3v) is 3.65. The van der Waals surface area contributed by atoms with Gasteiger partial charge in [-0.15, -0.1) is 0 Å². The molecule has 1 N–H and O–H groups in total. The summed E-state index contributed by atoms with van der Waals surface area (Å²) in [6.45, 7) is 1.93. The van der Waals surface area contributed by atoms with Crippen LogP contribution in [0.25, 0.3) is 21.7 Å². The second-order valence-corrected chi connectivity index (χ2v) is 5.18. The Labute approximate surface area is 142 Å². The molecular weight excluding hydrogens is 322 g/mol. The van der Waals surface area contributed by atoms with Crippen molar-refractivity contribution >= 4 is 39.7 Å². The zero-order valence-corrected chi connectivity index (χ0v) is 13.4. The quantitative estimate of drug-likeness (QED) is 0.333. The van der Waals surface area contributed by atoms with Crippen LogP contribution in [0.1, 0.15) is 17.5 Å². The molecule has 0 saturated carbocycles. The van der Waals surface area contributed by atoms with E-state index >= 15 is 0 Å². The third kappa shape index (κ3) is 3.14. The largest absolute Gasteiger partial charge is 0.463 e. The van der Waals surface area contributed by atoms with Crippen LogP contribution in [0.15, 0.2) is 57.9 Å². The lowest BCUT2D eigenvalue weighted by Gasteiger charge is -2.08. The van der Waals surface area contributed by atoms with E-state index in [2.05, 4.69) is 5.32 Å². The van der Waals surface area contributed by atoms with E-state index in [4.69, 9.17) is 9.15 Å². The van der Waals surface area contributed by atoms with Gasteiger partial charge >= 0.3 is 5.97 Å². The van der Waals surface area contributed by atoms with Gasteiger partial charge in [-0.3, -0.25) is 9.59 Å². The van der Waals surface area contributed by atoms with Crippen LogP contribution in [0.2, 0.25) is 0 Å². The Morgan fingerprint density at radius 2 is 2.04 bits per heavy atom. The molecule has 6 heteroatoms. The molecule has 1 aromatic heterocycles.